The molecule has 7 heteroatoms. The van der Waals surface area contributed by atoms with E-state index < -0.39 is 17.5 Å². The number of piperidine rings is 1. The molecule has 3 rings (SSSR count). The zero-order chi connectivity index (χ0) is 19.1. The molecule has 1 aromatic carbocycles. The molecular weight excluding hydrogens is 338 g/mol. The number of esters is 1. The van der Waals surface area contributed by atoms with Crippen LogP contribution in [-0.2, 0) is 19.2 Å². The molecule has 0 amide bonds. The van der Waals surface area contributed by atoms with E-state index in [-0.39, 0.29) is 5.78 Å². The first kappa shape index (κ1) is 18.7. The minimum atomic E-state index is -1.09. The number of benzene rings is 1. The largest absolute Gasteiger partial charge is 0.496 e. The van der Waals surface area contributed by atoms with Crippen molar-refractivity contribution in [2.75, 3.05) is 34.4 Å². The van der Waals surface area contributed by atoms with Crippen molar-refractivity contribution in [3.63, 3.8) is 0 Å². The molecule has 0 saturated carbocycles. The highest BCUT2D eigenvalue weighted by Gasteiger charge is 2.58. The Kier molecular flexibility index (Phi) is 4.94. The summed E-state index contributed by atoms with van der Waals surface area (Å²) in [4.78, 5) is 31.3. The van der Waals surface area contributed by atoms with Crippen molar-refractivity contribution in [2.24, 2.45) is 0 Å². The average molecular weight is 363 g/mol. The third-order valence-electron chi connectivity index (χ3n) is 5.53. The Morgan fingerprint density at radius 1 is 1.12 bits per heavy atom. The summed E-state index contributed by atoms with van der Waals surface area (Å²) in [7, 11) is 4.64. The number of hydroxylamine groups is 2. The van der Waals surface area contributed by atoms with Gasteiger partial charge in [0.15, 0.2) is 17.3 Å². The first-order chi connectivity index (χ1) is 12.4. The second-order valence-electron chi connectivity index (χ2n) is 6.79. The lowest BCUT2D eigenvalue weighted by Gasteiger charge is -2.35. The van der Waals surface area contributed by atoms with E-state index in [0.717, 1.165) is 11.1 Å². The number of hydrogen-bond acceptors (Lipinski definition) is 7. The first-order valence-corrected chi connectivity index (χ1v) is 8.67. The summed E-state index contributed by atoms with van der Waals surface area (Å²) in [6, 6.07) is 1.83. The van der Waals surface area contributed by atoms with Gasteiger partial charge in [0, 0.05) is 25.9 Å². The molecule has 1 aromatic rings. The van der Waals surface area contributed by atoms with Crippen LogP contribution in [0.15, 0.2) is 6.07 Å². The molecule has 142 valence electrons. The highest BCUT2D eigenvalue weighted by atomic mass is 16.7. The van der Waals surface area contributed by atoms with Gasteiger partial charge in [0.05, 0.1) is 26.9 Å². The highest BCUT2D eigenvalue weighted by Crippen LogP contribution is 2.47. The van der Waals surface area contributed by atoms with Crippen molar-refractivity contribution in [1.82, 2.24) is 5.06 Å². The maximum absolute atomic E-state index is 13.3. The van der Waals surface area contributed by atoms with Crippen LogP contribution in [0.25, 0.3) is 0 Å². The van der Waals surface area contributed by atoms with Gasteiger partial charge in [-0.1, -0.05) is 0 Å². The zero-order valence-corrected chi connectivity index (χ0v) is 15.9. The number of hydrogen-bond donors (Lipinski definition) is 0. The predicted octanol–water partition coefficient (Wildman–Crippen LogP) is 1.93. The lowest BCUT2D eigenvalue weighted by molar-refractivity contribution is -0.184. The number of ether oxygens (including phenoxy) is 3. The van der Waals surface area contributed by atoms with Crippen LogP contribution in [0, 0.1) is 13.8 Å². The van der Waals surface area contributed by atoms with Crippen LogP contribution < -0.4 is 9.47 Å². The summed E-state index contributed by atoms with van der Waals surface area (Å²) in [5.41, 5.74) is 1.20. The number of aryl methyl sites for hydroxylation is 1. The second-order valence-corrected chi connectivity index (χ2v) is 6.79. The summed E-state index contributed by atoms with van der Waals surface area (Å²) >= 11 is 0. The zero-order valence-electron chi connectivity index (χ0n) is 15.9. The molecule has 2 aliphatic heterocycles. The molecule has 0 bridgehead atoms. The molecule has 2 aliphatic rings. The summed E-state index contributed by atoms with van der Waals surface area (Å²) in [6.45, 7) is 4.89. The standard InChI is InChI=1S/C19H25NO6/c1-11-10-13(23-3)14(16(24-4)12(11)2)15-17(21)19(26-18(15)22)6-8-20(25-5)9-7-19/h10,15H,6-9H2,1-5H3. The van der Waals surface area contributed by atoms with E-state index in [4.69, 9.17) is 19.0 Å². The van der Waals surface area contributed by atoms with Crippen molar-refractivity contribution in [3.8, 4) is 11.5 Å². The molecule has 0 radical (unpaired) electrons. The van der Waals surface area contributed by atoms with Crippen molar-refractivity contribution in [2.45, 2.75) is 38.2 Å². The lowest BCUT2D eigenvalue weighted by atomic mass is 9.81. The Morgan fingerprint density at radius 2 is 1.77 bits per heavy atom. The molecule has 1 unspecified atom stereocenters. The Morgan fingerprint density at radius 3 is 2.31 bits per heavy atom. The van der Waals surface area contributed by atoms with E-state index in [1.807, 2.05) is 19.9 Å². The van der Waals surface area contributed by atoms with Crippen molar-refractivity contribution >= 4 is 11.8 Å². The summed E-state index contributed by atoms with van der Waals surface area (Å²) in [6.07, 6.45) is 0.828. The molecule has 0 aromatic heterocycles. The molecular formula is C19H25NO6. The fraction of sp³-hybridized carbons (Fsp3) is 0.579. The van der Waals surface area contributed by atoms with Crippen LogP contribution in [0.4, 0.5) is 0 Å². The van der Waals surface area contributed by atoms with Gasteiger partial charge in [0.25, 0.3) is 0 Å². The number of Topliss-reactive ketones (excluding diaryl/α,β-unsaturated/α-hetero) is 1. The fourth-order valence-electron chi connectivity index (χ4n) is 3.88. The monoisotopic (exact) mass is 363 g/mol. The van der Waals surface area contributed by atoms with Crippen molar-refractivity contribution in [3.05, 3.63) is 22.8 Å². The van der Waals surface area contributed by atoms with Crippen molar-refractivity contribution < 1.29 is 28.6 Å². The number of nitrogens with zero attached hydrogens (tertiary/aromatic N) is 1. The lowest BCUT2D eigenvalue weighted by Crippen LogP contribution is -2.48. The van der Waals surface area contributed by atoms with Gasteiger partial charge in [0.2, 0.25) is 0 Å². The van der Waals surface area contributed by atoms with Gasteiger partial charge >= 0.3 is 5.97 Å². The highest BCUT2D eigenvalue weighted by molar-refractivity contribution is 6.14. The molecule has 2 heterocycles. The SMILES string of the molecule is COc1cc(C)c(C)c(OC)c1C1C(=O)OC2(CCN(OC)CC2)C1=O. The minimum absolute atomic E-state index is 0.224. The minimum Gasteiger partial charge on any atom is -0.496 e. The second kappa shape index (κ2) is 6.89. The maximum atomic E-state index is 13.3. The van der Waals surface area contributed by atoms with Gasteiger partial charge in [0.1, 0.15) is 11.5 Å². The van der Waals surface area contributed by atoms with E-state index in [9.17, 15) is 9.59 Å². The smallest absolute Gasteiger partial charge is 0.322 e. The molecule has 2 saturated heterocycles. The van der Waals surface area contributed by atoms with Gasteiger partial charge in [-0.05, 0) is 31.0 Å². The number of carbonyl (C=O) groups excluding carboxylic acids is 2. The van der Waals surface area contributed by atoms with E-state index in [0.29, 0.717) is 43.0 Å². The third kappa shape index (κ3) is 2.75. The number of methoxy groups -OCH3 is 2. The maximum Gasteiger partial charge on any atom is 0.322 e. The number of rotatable bonds is 4. The topological polar surface area (TPSA) is 74.3 Å². The van der Waals surface area contributed by atoms with E-state index in [1.165, 1.54) is 14.2 Å². The molecule has 2 fully saturated rings. The van der Waals surface area contributed by atoms with Gasteiger partial charge in [-0.25, -0.2) is 0 Å². The molecule has 0 aliphatic carbocycles. The molecule has 1 atom stereocenters. The van der Waals surface area contributed by atoms with Gasteiger partial charge in [-0.3, -0.25) is 9.59 Å². The van der Waals surface area contributed by atoms with Crippen LogP contribution >= 0.6 is 0 Å². The van der Waals surface area contributed by atoms with E-state index in [1.54, 1.807) is 12.2 Å². The van der Waals surface area contributed by atoms with E-state index >= 15 is 0 Å². The fourth-order valence-corrected chi connectivity index (χ4v) is 3.88. The molecule has 7 nitrogen and oxygen atoms in total. The molecule has 26 heavy (non-hydrogen) atoms. The number of ketones is 1. The number of carbonyl (C=O) groups is 2. The van der Waals surface area contributed by atoms with Crippen LogP contribution in [0.5, 0.6) is 11.5 Å². The Bertz CT molecular complexity index is 736. The van der Waals surface area contributed by atoms with Gasteiger partial charge in [-0.15, -0.1) is 0 Å². The quantitative estimate of drug-likeness (QED) is 0.598. The predicted molar refractivity (Wildman–Crippen MR) is 93.4 cm³/mol. The Labute approximate surface area is 153 Å². The third-order valence-corrected chi connectivity index (χ3v) is 5.53. The first-order valence-electron chi connectivity index (χ1n) is 8.67. The van der Waals surface area contributed by atoms with Crippen LogP contribution in [0.1, 0.15) is 35.4 Å². The van der Waals surface area contributed by atoms with E-state index in [2.05, 4.69) is 0 Å². The molecule has 1 spiro atoms. The summed E-state index contributed by atoms with van der Waals surface area (Å²) < 4.78 is 16.7. The summed E-state index contributed by atoms with van der Waals surface area (Å²) in [5.74, 6) is -0.831. The van der Waals surface area contributed by atoms with Gasteiger partial charge in [-0.2, -0.15) is 5.06 Å². The summed E-state index contributed by atoms with van der Waals surface area (Å²) in [5, 5.41) is 1.76. The normalized spacial score (nSPS) is 22.6. The Hall–Kier alpha value is -2.12. The molecule has 0 N–H and O–H groups in total. The van der Waals surface area contributed by atoms with Crippen molar-refractivity contribution in [1.29, 1.82) is 0 Å². The van der Waals surface area contributed by atoms with Crippen LogP contribution in [0.3, 0.4) is 0 Å². The Balaban J connectivity index is 2.04. The van der Waals surface area contributed by atoms with Crippen LogP contribution in [0.2, 0.25) is 0 Å². The van der Waals surface area contributed by atoms with Crippen LogP contribution in [-0.4, -0.2) is 56.8 Å². The average Bonchev–Trinajstić information content (AvgIpc) is 2.87. The van der Waals surface area contributed by atoms with Gasteiger partial charge < -0.3 is 19.0 Å².